The van der Waals surface area contributed by atoms with Gasteiger partial charge in [0.25, 0.3) is 0 Å². The minimum Gasteiger partial charge on any atom is -0.361 e. The van der Waals surface area contributed by atoms with Crippen LogP contribution in [0.2, 0.25) is 0 Å². The second-order valence-electron chi connectivity index (χ2n) is 4.41. The summed E-state index contributed by atoms with van der Waals surface area (Å²) in [7, 11) is 3.97. The number of imidazole rings is 1. The van der Waals surface area contributed by atoms with E-state index in [1.54, 1.807) is 0 Å². The highest BCUT2D eigenvalue weighted by Gasteiger charge is 2.19. The third kappa shape index (κ3) is 1.62. The lowest BCUT2D eigenvalue weighted by atomic mass is 10.1. The van der Waals surface area contributed by atoms with Gasteiger partial charge in [0.15, 0.2) is 0 Å². The Bertz CT molecular complexity index is 665. The van der Waals surface area contributed by atoms with Gasteiger partial charge in [-0.2, -0.15) is 0 Å². The highest BCUT2D eigenvalue weighted by Crippen LogP contribution is 2.27. The molecule has 0 aliphatic carbocycles. The zero-order valence-electron chi connectivity index (χ0n) is 10.5. The van der Waals surface area contributed by atoms with E-state index in [1.807, 2.05) is 37.1 Å². The van der Waals surface area contributed by atoms with Gasteiger partial charge in [-0.1, -0.05) is 18.2 Å². The summed E-state index contributed by atoms with van der Waals surface area (Å²) in [5.41, 5.74) is 2.38. The Morgan fingerprint density at radius 3 is 2.89 bits per heavy atom. The molecule has 0 aliphatic rings. The third-order valence-electron chi connectivity index (χ3n) is 3.34. The van der Waals surface area contributed by atoms with Gasteiger partial charge in [0.05, 0.1) is 6.04 Å². The number of aromatic amines is 1. The van der Waals surface area contributed by atoms with E-state index < -0.39 is 0 Å². The molecule has 18 heavy (non-hydrogen) atoms. The number of nitrogens with one attached hydrogen (secondary N) is 2. The largest absolute Gasteiger partial charge is 0.361 e. The summed E-state index contributed by atoms with van der Waals surface area (Å²) in [5.74, 6) is 1.02. The quantitative estimate of drug-likeness (QED) is 0.737. The van der Waals surface area contributed by atoms with Crippen LogP contribution in [0.1, 0.15) is 17.4 Å². The number of aromatic nitrogens is 3. The van der Waals surface area contributed by atoms with E-state index in [2.05, 4.69) is 39.7 Å². The van der Waals surface area contributed by atoms with Crippen molar-refractivity contribution in [2.24, 2.45) is 7.05 Å². The van der Waals surface area contributed by atoms with Crippen LogP contribution in [-0.2, 0) is 7.05 Å². The van der Waals surface area contributed by atoms with Crippen LogP contribution >= 0.6 is 0 Å². The van der Waals surface area contributed by atoms with E-state index in [-0.39, 0.29) is 6.04 Å². The molecule has 2 heterocycles. The number of hydrogen-bond donors (Lipinski definition) is 2. The van der Waals surface area contributed by atoms with Crippen molar-refractivity contribution in [2.45, 2.75) is 6.04 Å². The predicted molar refractivity (Wildman–Crippen MR) is 72.4 cm³/mol. The summed E-state index contributed by atoms with van der Waals surface area (Å²) in [4.78, 5) is 7.74. The number of rotatable bonds is 3. The molecule has 0 radical (unpaired) electrons. The molecule has 1 atom stereocenters. The number of aryl methyl sites for hydroxylation is 1. The van der Waals surface area contributed by atoms with Crippen LogP contribution in [0.15, 0.2) is 42.9 Å². The number of H-pyrrole nitrogens is 1. The molecule has 0 saturated heterocycles. The SMILES string of the molecule is CNC(c1c[nH]c2ccccc12)c1nccn1C. The fourth-order valence-corrected chi connectivity index (χ4v) is 2.41. The number of fused-ring (bicyclic) bond motifs is 1. The van der Waals surface area contributed by atoms with Crippen LogP contribution in [0.5, 0.6) is 0 Å². The third-order valence-corrected chi connectivity index (χ3v) is 3.34. The van der Waals surface area contributed by atoms with Crippen molar-refractivity contribution in [2.75, 3.05) is 7.05 Å². The molecule has 4 nitrogen and oxygen atoms in total. The first-order valence-corrected chi connectivity index (χ1v) is 6.01. The van der Waals surface area contributed by atoms with E-state index in [0.717, 1.165) is 11.3 Å². The van der Waals surface area contributed by atoms with Gasteiger partial charge in [-0.05, 0) is 13.1 Å². The van der Waals surface area contributed by atoms with E-state index >= 15 is 0 Å². The Morgan fingerprint density at radius 1 is 1.33 bits per heavy atom. The number of nitrogens with zero attached hydrogens (tertiary/aromatic N) is 2. The summed E-state index contributed by atoms with van der Waals surface area (Å²) in [6, 6.07) is 8.42. The lowest BCUT2D eigenvalue weighted by Gasteiger charge is -2.15. The van der Waals surface area contributed by atoms with Crippen molar-refractivity contribution >= 4 is 10.9 Å². The number of para-hydroxylation sites is 1. The van der Waals surface area contributed by atoms with Gasteiger partial charge >= 0.3 is 0 Å². The zero-order chi connectivity index (χ0) is 12.5. The molecule has 0 amide bonds. The monoisotopic (exact) mass is 240 g/mol. The maximum Gasteiger partial charge on any atom is 0.130 e. The van der Waals surface area contributed by atoms with Crippen LogP contribution in [0, 0.1) is 0 Å². The van der Waals surface area contributed by atoms with E-state index in [4.69, 9.17) is 0 Å². The Hall–Kier alpha value is -2.07. The minimum absolute atomic E-state index is 0.0983. The van der Waals surface area contributed by atoms with Crippen molar-refractivity contribution in [3.8, 4) is 0 Å². The van der Waals surface area contributed by atoms with Gasteiger partial charge in [0.2, 0.25) is 0 Å². The first-order chi connectivity index (χ1) is 8.81. The minimum atomic E-state index is 0.0983. The average molecular weight is 240 g/mol. The second-order valence-corrected chi connectivity index (χ2v) is 4.41. The molecule has 3 aromatic rings. The number of hydrogen-bond acceptors (Lipinski definition) is 2. The molecule has 2 N–H and O–H groups in total. The van der Waals surface area contributed by atoms with Gasteiger partial charge in [0, 0.05) is 42.1 Å². The Balaban J connectivity index is 2.15. The standard InChI is InChI=1S/C14H16N4/c1-15-13(14-16-7-8-18(14)2)11-9-17-12-6-4-3-5-10(11)12/h3-9,13,15,17H,1-2H3. The van der Waals surface area contributed by atoms with Crippen molar-refractivity contribution in [1.82, 2.24) is 19.9 Å². The lowest BCUT2D eigenvalue weighted by molar-refractivity contribution is 0.621. The van der Waals surface area contributed by atoms with Crippen LogP contribution in [0.3, 0.4) is 0 Å². The van der Waals surface area contributed by atoms with E-state index in [9.17, 15) is 0 Å². The summed E-state index contributed by atoms with van der Waals surface area (Å²) < 4.78 is 2.04. The fourth-order valence-electron chi connectivity index (χ4n) is 2.41. The molecule has 1 unspecified atom stereocenters. The molecule has 0 aliphatic heterocycles. The summed E-state index contributed by atoms with van der Waals surface area (Å²) in [6.07, 6.45) is 5.85. The Kier molecular flexibility index (Phi) is 2.64. The first kappa shape index (κ1) is 11.0. The topological polar surface area (TPSA) is 45.6 Å². The van der Waals surface area contributed by atoms with Crippen molar-refractivity contribution in [3.63, 3.8) is 0 Å². The van der Waals surface area contributed by atoms with Crippen LogP contribution < -0.4 is 5.32 Å². The maximum absolute atomic E-state index is 4.44. The number of benzene rings is 1. The fraction of sp³-hybridized carbons (Fsp3) is 0.214. The normalized spacial score (nSPS) is 13.0. The predicted octanol–water partition coefficient (Wildman–Crippen LogP) is 2.21. The Morgan fingerprint density at radius 2 is 2.17 bits per heavy atom. The molecule has 0 saturated carbocycles. The smallest absolute Gasteiger partial charge is 0.130 e. The van der Waals surface area contributed by atoms with E-state index in [1.165, 1.54) is 10.9 Å². The highest BCUT2D eigenvalue weighted by molar-refractivity contribution is 5.83. The second kappa shape index (κ2) is 4.31. The van der Waals surface area contributed by atoms with Crippen LogP contribution in [-0.4, -0.2) is 21.6 Å². The van der Waals surface area contributed by atoms with Gasteiger partial charge in [-0.15, -0.1) is 0 Å². The molecule has 0 spiro atoms. The average Bonchev–Trinajstić information content (AvgIpc) is 2.99. The van der Waals surface area contributed by atoms with Gasteiger partial charge < -0.3 is 14.9 Å². The molecule has 3 rings (SSSR count). The van der Waals surface area contributed by atoms with Crippen molar-refractivity contribution in [1.29, 1.82) is 0 Å². The van der Waals surface area contributed by atoms with Gasteiger partial charge in [0.1, 0.15) is 5.82 Å². The molecular weight excluding hydrogens is 224 g/mol. The van der Waals surface area contributed by atoms with E-state index in [0.29, 0.717) is 0 Å². The lowest BCUT2D eigenvalue weighted by Crippen LogP contribution is -2.20. The molecule has 0 bridgehead atoms. The molecule has 0 fully saturated rings. The zero-order valence-corrected chi connectivity index (χ0v) is 10.5. The summed E-state index contributed by atoms with van der Waals surface area (Å²) in [5, 5.41) is 4.57. The Labute approximate surface area is 106 Å². The van der Waals surface area contributed by atoms with Gasteiger partial charge in [-0.3, -0.25) is 0 Å². The van der Waals surface area contributed by atoms with Crippen molar-refractivity contribution < 1.29 is 0 Å². The molecule has 4 heteroatoms. The molecular formula is C14H16N4. The van der Waals surface area contributed by atoms with Gasteiger partial charge in [-0.25, -0.2) is 4.98 Å². The summed E-state index contributed by atoms with van der Waals surface area (Å²) >= 11 is 0. The van der Waals surface area contributed by atoms with Crippen LogP contribution in [0.25, 0.3) is 10.9 Å². The summed E-state index contributed by atoms with van der Waals surface area (Å²) in [6.45, 7) is 0. The molecule has 2 aromatic heterocycles. The van der Waals surface area contributed by atoms with Crippen LogP contribution in [0.4, 0.5) is 0 Å². The molecule has 92 valence electrons. The van der Waals surface area contributed by atoms with Crippen molar-refractivity contribution in [3.05, 3.63) is 54.2 Å². The maximum atomic E-state index is 4.44. The first-order valence-electron chi connectivity index (χ1n) is 6.01. The molecule has 1 aromatic carbocycles. The highest BCUT2D eigenvalue weighted by atomic mass is 15.1.